The molecule has 0 saturated heterocycles. The van der Waals surface area contributed by atoms with Crippen LogP contribution in [0.3, 0.4) is 0 Å². The van der Waals surface area contributed by atoms with Crippen molar-refractivity contribution in [3.63, 3.8) is 0 Å². The first kappa shape index (κ1) is 15.9. The number of carboxylic acids is 1. The van der Waals surface area contributed by atoms with Gasteiger partial charge in [-0.2, -0.15) is 13.2 Å². The van der Waals surface area contributed by atoms with Gasteiger partial charge < -0.3 is 15.7 Å². The van der Waals surface area contributed by atoms with Crippen LogP contribution in [0.5, 0.6) is 0 Å². The van der Waals surface area contributed by atoms with E-state index in [4.69, 9.17) is 0 Å². The summed E-state index contributed by atoms with van der Waals surface area (Å²) in [6, 6.07) is -2.18. The van der Waals surface area contributed by atoms with Gasteiger partial charge in [0.05, 0.1) is 0 Å². The maximum Gasteiger partial charge on any atom is 0.411 e. The molecule has 2 amide bonds. The van der Waals surface area contributed by atoms with Crippen LogP contribution >= 0.6 is 0 Å². The number of hydrogen-bond donors (Lipinski definition) is 3. The highest BCUT2D eigenvalue weighted by Gasteiger charge is 2.64. The normalized spacial score (nSPS) is 23.2. The lowest BCUT2D eigenvalue weighted by atomic mass is 9.84. The number of alkyl halides is 3. The third-order valence-electron chi connectivity index (χ3n) is 4.32. The van der Waals surface area contributed by atoms with Crippen molar-refractivity contribution in [1.82, 2.24) is 10.6 Å². The molecule has 2 rings (SSSR count). The van der Waals surface area contributed by atoms with E-state index in [-0.39, 0.29) is 18.8 Å². The predicted molar refractivity (Wildman–Crippen MR) is 67.7 cm³/mol. The Bertz CT molecular complexity index is 415. The molecule has 3 N–H and O–H groups in total. The van der Waals surface area contributed by atoms with Gasteiger partial charge in [0, 0.05) is 0 Å². The van der Waals surface area contributed by atoms with Crippen molar-refractivity contribution in [2.45, 2.75) is 62.7 Å². The van der Waals surface area contributed by atoms with Gasteiger partial charge >= 0.3 is 18.2 Å². The monoisotopic (exact) mass is 308 g/mol. The Balaban J connectivity index is 1.94. The maximum atomic E-state index is 12.7. The van der Waals surface area contributed by atoms with Crippen LogP contribution in [-0.4, -0.2) is 34.9 Å². The van der Waals surface area contributed by atoms with Crippen LogP contribution in [0, 0.1) is 5.92 Å². The van der Waals surface area contributed by atoms with Gasteiger partial charge in [-0.05, 0) is 31.6 Å². The van der Waals surface area contributed by atoms with Crippen molar-refractivity contribution >= 4 is 12.0 Å². The van der Waals surface area contributed by atoms with E-state index in [1.54, 1.807) is 0 Å². The summed E-state index contributed by atoms with van der Waals surface area (Å²) >= 11 is 0. The van der Waals surface area contributed by atoms with Crippen LogP contribution in [0.1, 0.15) is 44.9 Å². The number of halogens is 3. The quantitative estimate of drug-likeness (QED) is 0.746. The zero-order chi connectivity index (χ0) is 15.7. The molecule has 0 aromatic carbocycles. The fourth-order valence-electron chi connectivity index (χ4n) is 2.85. The van der Waals surface area contributed by atoms with Crippen LogP contribution in [0.25, 0.3) is 0 Å². The Morgan fingerprint density at radius 2 is 1.71 bits per heavy atom. The summed E-state index contributed by atoms with van der Waals surface area (Å²) in [5.74, 6) is -1.42. The molecule has 2 aliphatic rings. The second kappa shape index (κ2) is 5.73. The van der Waals surface area contributed by atoms with Crippen molar-refractivity contribution in [2.75, 3.05) is 0 Å². The molecule has 0 heterocycles. The number of aliphatic carboxylic acids is 1. The van der Waals surface area contributed by atoms with E-state index in [0.717, 1.165) is 19.3 Å². The number of rotatable bonds is 4. The largest absolute Gasteiger partial charge is 0.480 e. The molecule has 2 aliphatic carbocycles. The molecule has 2 saturated carbocycles. The molecular weight excluding hydrogens is 289 g/mol. The third kappa shape index (κ3) is 3.59. The lowest BCUT2D eigenvalue weighted by Gasteiger charge is -2.29. The summed E-state index contributed by atoms with van der Waals surface area (Å²) in [6.07, 6.45) is -0.714. The summed E-state index contributed by atoms with van der Waals surface area (Å²) in [5, 5.41) is 13.3. The molecule has 21 heavy (non-hydrogen) atoms. The standard InChI is InChI=1S/C13H19F3N2O3/c14-13(15,16)12(6-7-12)18-11(21)17-9(10(19)20)8-4-2-1-3-5-8/h8-9H,1-7H2,(H,19,20)(H2,17,18,21). The molecule has 1 atom stereocenters. The fraction of sp³-hybridized carbons (Fsp3) is 0.846. The molecule has 1 unspecified atom stereocenters. The van der Waals surface area contributed by atoms with Gasteiger partial charge in [-0.25, -0.2) is 9.59 Å². The highest BCUT2D eigenvalue weighted by Crippen LogP contribution is 2.48. The molecule has 0 spiro atoms. The minimum Gasteiger partial charge on any atom is -0.480 e. The van der Waals surface area contributed by atoms with Gasteiger partial charge in [0.1, 0.15) is 11.6 Å². The van der Waals surface area contributed by atoms with Gasteiger partial charge in [0.2, 0.25) is 0 Å². The Kier molecular flexibility index (Phi) is 4.34. The SMILES string of the molecule is O=C(NC(C(=O)O)C1CCCCC1)NC1(C(F)(F)F)CC1. The van der Waals surface area contributed by atoms with Gasteiger partial charge in [-0.1, -0.05) is 19.3 Å². The molecule has 0 aliphatic heterocycles. The van der Waals surface area contributed by atoms with E-state index in [0.29, 0.717) is 12.8 Å². The predicted octanol–water partition coefficient (Wildman–Crippen LogP) is 2.41. The first-order valence-electron chi connectivity index (χ1n) is 7.13. The van der Waals surface area contributed by atoms with Crippen molar-refractivity contribution in [2.24, 2.45) is 5.92 Å². The second-order valence-electron chi connectivity index (χ2n) is 5.89. The smallest absolute Gasteiger partial charge is 0.411 e. The fourth-order valence-corrected chi connectivity index (χ4v) is 2.85. The number of carboxylic acid groups (broad SMARTS) is 1. The lowest BCUT2D eigenvalue weighted by Crippen LogP contribution is -2.56. The van der Waals surface area contributed by atoms with Crippen LogP contribution in [0.15, 0.2) is 0 Å². The number of nitrogens with one attached hydrogen (secondary N) is 2. The van der Waals surface area contributed by atoms with Crippen molar-refractivity contribution < 1.29 is 27.9 Å². The Morgan fingerprint density at radius 3 is 2.14 bits per heavy atom. The van der Waals surface area contributed by atoms with Crippen molar-refractivity contribution in [3.05, 3.63) is 0 Å². The highest BCUT2D eigenvalue weighted by atomic mass is 19.4. The molecule has 0 radical (unpaired) electrons. The summed E-state index contributed by atoms with van der Waals surface area (Å²) in [5.41, 5.74) is -2.17. The summed E-state index contributed by atoms with van der Waals surface area (Å²) in [4.78, 5) is 23.0. The summed E-state index contributed by atoms with van der Waals surface area (Å²) in [7, 11) is 0. The average Bonchev–Trinajstić information content (AvgIpc) is 3.17. The van der Waals surface area contributed by atoms with Crippen LogP contribution in [0.2, 0.25) is 0 Å². The average molecular weight is 308 g/mol. The number of carbonyl (C=O) groups excluding carboxylic acids is 1. The molecule has 0 aromatic rings. The third-order valence-corrected chi connectivity index (χ3v) is 4.32. The molecule has 0 bridgehead atoms. The maximum absolute atomic E-state index is 12.7. The number of urea groups is 1. The zero-order valence-electron chi connectivity index (χ0n) is 11.5. The summed E-state index contributed by atoms with van der Waals surface area (Å²) < 4.78 is 38.2. The highest BCUT2D eigenvalue weighted by molar-refractivity contribution is 5.83. The minimum atomic E-state index is -4.51. The van der Waals surface area contributed by atoms with Crippen molar-refractivity contribution in [3.8, 4) is 0 Å². The lowest BCUT2D eigenvalue weighted by molar-refractivity contribution is -0.162. The van der Waals surface area contributed by atoms with Gasteiger partial charge in [-0.15, -0.1) is 0 Å². The van der Waals surface area contributed by atoms with E-state index in [1.807, 2.05) is 5.32 Å². The number of hydrogen-bond acceptors (Lipinski definition) is 2. The van der Waals surface area contributed by atoms with E-state index >= 15 is 0 Å². The van der Waals surface area contributed by atoms with Gasteiger partial charge in [0.15, 0.2) is 0 Å². The molecule has 5 nitrogen and oxygen atoms in total. The molecular formula is C13H19F3N2O3. The minimum absolute atomic E-state index is 0.162. The van der Waals surface area contributed by atoms with Crippen LogP contribution in [-0.2, 0) is 4.79 Å². The molecule has 8 heteroatoms. The first-order chi connectivity index (χ1) is 9.75. The Hall–Kier alpha value is -1.47. The number of carbonyl (C=O) groups is 2. The molecule has 2 fully saturated rings. The molecule has 0 aromatic heterocycles. The van der Waals surface area contributed by atoms with E-state index in [2.05, 4.69) is 5.32 Å². The van der Waals surface area contributed by atoms with E-state index in [9.17, 15) is 27.9 Å². The van der Waals surface area contributed by atoms with Gasteiger partial charge in [0.25, 0.3) is 0 Å². The van der Waals surface area contributed by atoms with Crippen molar-refractivity contribution in [1.29, 1.82) is 0 Å². The zero-order valence-corrected chi connectivity index (χ0v) is 11.5. The van der Waals surface area contributed by atoms with E-state index < -0.39 is 29.8 Å². The van der Waals surface area contributed by atoms with Crippen LogP contribution < -0.4 is 10.6 Å². The number of amides is 2. The molecule has 120 valence electrons. The van der Waals surface area contributed by atoms with E-state index in [1.165, 1.54) is 0 Å². The summed E-state index contributed by atoms with van der Waals surface area (Å²) in [6.45, 7) is 0. The second-order valence-corrected chi connectivity index (χ2v) is 5.89. The van der Waals surface area contributed by atoms with Crippen LogP contribution in [0.4, 0.5) is 18.0 Å². The topological polar surface area (TPSA) is 78.4 Å². The first-order valence-corrected chi connectivity index (χ1v) is 7.13. The Morgan fingerprint density at radius 1 is 1.14 bits per heavy atom. The van der Waals surface area contributed by atoms with Gasteiger partial charge in [-0.3, -0.25) is 0 Å². The Labute approximate surface area is 120 Å².